The maximum absolute atomic E-state index is 12.0. The molecule has 1 aromatic heterocycles. The standard InChI is InChI=1S/C12H15N3O3S/c1-3-10-4-6-11(7-5-10)8-19(16,17)15-12-9(2)13-18-14-12/h4-7H,3,8H2,1-2H3,(H,14,15). The smallest absolute Gasteiger partial charge is 0.238 e. The summed E-state index contributed by atoms with van der Waals surface area (Å²) < 4.78 is 30.7. The Balaban J connectivity index is 2.10. The average molecular weight is 281 g/mol. The first kappa shape index (κ1) is 13.5. The molecule has 0 saturated heterocycles. The summed E-state index contributed by atoms with van der Waals surface area (Å²) in [5.74, 6) is 0.0220. The number of nitrogens with one attached hydrogen (secondary N) is 1. The number of rotatable bonds is 5. The van der Waals surface area contributed by atoms with Crippen LogP contribution in [0.4, 0.5) is 5.82 Å². The van der Waals surface area contributed by atoms with Gasteiger partial charge in [0.05, 0.1) is 5.75 Å². The largest absolute Gasteiger partial charge is 0.263 e. The lowest BCUT2D eigenvalue weighted by molar-refractivity contribution is 0.306. The van der Waals surface area contributed by atoms with Crippen LogP contribution in [0.15, 0.2) is 28.9 Å². The summed E-state index contributed by atoms with van der Waals surface area (Å²) in [5, 5.41) is 7.01. The number of hydrogen-bond acceptors (Lipinski definition) is 5. The number of hydrogen-bond donors (Lipinski definition) is 1. The quantitative estimate of drug-likeness (QED) is 0.904. The zero-order chi connectivity index (χ0) is 13.9. The van der Waals surface area contributed by atoms with Gasteiger partial charge in [-0.15, -0.1) is 0 Å². The van der Waals surface area contributed by atoms with Crippen LogP contribution in [0.5, 0.6) is 0 Å². The molecule has 0 fully saturated rings. The van der Waals surface area contributed by atoms with Gasteiger partial charge < -0.3 is 0 Å². The molecule has 2 aromatic rings. The van der Waals surface area contributed by atoms with E-state index in [4.69, 9.17) is 0 Å². The van der Waals surface area contributed by atoms with Crippen LogP contribution in [0.3, 0.4) is 0 Å². The predicted octanol–water partition coefficient (Wildman–Crippen LogP) is 1.88. The second kappa shape index (κ2) is 5.40. The van der Waals surface area contributed by atoms with Crippen molar-refractivity contribution in [1.29, 1.82) is 0 Å². The van der Waals surface area contributed by atoms with Gasteiger partial charge in [0.15, 0.2) is 0 Å². The van der Waals surface area contributed by atoms with Crippen molar-refractivity contribution in [3.63, 3.8) is 0 Å². The number of aryl methyl sites for hydroxylation is 2. The molecule has 0 aliphatic rings. The molecular weight excluding hydrogens is 266 g/mol. The van der Waals surface area contributed by atoms with E-state index in [2.05, 4.69) is 19.7 Å². The summed E-state index contributed by atoms with van der Waals surface area (Å²) in [5.41, 5.74) is 2.30. The second-order valence-electron chi connectivity index (χ2n) is 4.23. The van der Waals surface area contributed by atoms with Crippen molar-refractivity contribution in [2.45, 2.75) is 26.0 Å². The van der Waals surface area contributed by atoms with Gasteiger partial charge >= 0.3 is 0 Å². The molecule has 0 aliphatic carbocycles. The van der Waals surface area contributed by atoms with Crippen LogP contribution < -0.4 is 4.72 Å². The third-order valence-electron chi connectivity index (χ3n) is 2.69. The van der Waals surface area contributed by atoms with Crippen molar-refractivity contribution in [2.24, 2.45) is 0 Å². The van der Waals surface area contributed by atoms with E-state index >= 15 is 0 Å². The van der Waals surface area contributed by atoms with E-state index in [1.165, 1.54) is 5.56 Å². The summed E-state index contributed by atoms with van der Waals surface area (Å²) in [7, 11) is -3.51. The van der Waals surface area contributed by atoms with E-state index in [1.54, 1.807) is 6.92 Å². The highest BCUT2D eigenvalue weighted by atomic mass is 32.2. The van der Waals surface area contributed by atoms with Crippen molar-refractivity contribution < 1.29 is 13.0 Å². The fraction of sp³-hybridized carbons (Fsp3) is 0.333. The van der Waals surface area contributed by atoms with E-state index in [0.29, 0.717) is 5.69 Å². The molecule has 2 rings (SSSR count). The summed E-state index contributed by atoms with van der Waals surface area (Å²) in [6.07, 6.45) is 0.926. The van der Waals surface area contributed by atoms with Gasteiger partial charge in [-0.25, -0.2) is 13.0 Å². The Bertz CT molecular complexity index is 647. The molecule has 0 spiro atoms. The number of benzene rings is 1. The Morgan fingerprint density at radius 2 is 1.79 bits per heavy atom. The highest BCUT2D eigenvalue weighted by Gasteiger charge is 2.16. The molecule has 1 N–H and O–H groups in total. The number of nitrogens with zero attached hydrogens (tertiary/aromatic N) is 2. The monoisotopic (exact) mass is 281 g/mol. The van der Waals surface area contributed by atoms with Crippen LogP contribution in [0, 0.1) is 6.92 Å². The molecule has 1 heterocycles. The van der Waals surface area contributed by atoms with Crippen LogP contribution >= 0.6 is 0 Å². The fourth-order valence-electron chi connectivity index (χ4n) is 1.60. The lowest BCUT2D eigenvalue weighted by atomic mass is 10.1. The van der Waals surface area contributed by atoms with Gasteiger partial charge in [-0.05, 0) is 29.6 Å². The van der Waals surface area contributed by atoms with E-state index < -0.39 is 10.0 Å². The van der Waals surface area contributed by atoms with E-state index in [1.807, 2.05) is 31.2 Å². The third-order valence-corrected chi connectivity index (χ3v) is 3.91. The van der Waals surface area contributed by atoms with Gasteiger partial charge in [0.1, 0.15) is 5.69 Å². The number of aromatic nitrogens is 2. The van der Waals surface area contributed by atoms with Gasteiger partial charge in [-0.1, -0.05) is 36.3 Å². The zero-order valence-electron chi connectivity index (χ0n) is 10.8. The predicted molar refractivity (Wildman–Crippen MR) is 71.1 cm³/mol. The molecule has 6 nitrogen and oxygen atoms in total. The Morgan fingerprint density at radius 1 is 1.16 bits per heavy atom. The molecule has 0 unspecified atom stereocenters. The first-order chi connectivity index (χ1) is 9.00. The molecule has 0 bridgehead atoms. The molecule has 0 atom stereocenters. The van der Waals surface area contributed by atoms with Gasteiger partial charge in [-0.3, -0.25) is 4.72 Å². The van der Waals surface area contributed by atoms with Crippen molar-refractivity contribution in [3.05, 3.63) is 41.1 Å². The van der Waals surface area contributed by atoms with E-state index in [9.17, 15) is 8.42 Å². The van der Waals surface area contributed by atoms with Crippen LogP contribution in [0.25, 0.3) is 0 Å². The second-order valence-corrected chi connectivity index (χ2v) is 5.95. The average Bonchev–Trinajstić information content (AvgIpc) is 2.75. The van der Waals surface area contributed by atoms with Crippen LogP contribution in [-0.4, -0.2) is 18.7 Å². The number of anilines is 1. The molecule has 7 heteroatoms. The van der Waals surface area contributed by atoms with Gasteiger partial charge in [-0.2, -0.15) is 0 Å². The summed E-state index contributed by atoms with van der Waals surface area (Å²) in [6.45, 7) is 3.66. The Labute approximate surface area is 111 Å². The third kappa shape index (κ3) is 3.54. The zero-order valence-corrected chi connectivity index (χ0v) is 11.6. The van der Waals surface area contributed by atoms with Gasteiger partial charge in [0, 0.05) is 0 Å². The minimum absolute atomic E-state index is 0.108. The molecular formula is C12H15N3O3S. The van der Waals surface area contributed by atoms with Gasteiger partial charge in [0.2, 0.25) is 15.8 Å². The van der Waals surface area contributed by atoms with Gasteiger partial charge in [0.25, 0.3) is 0 Å². The molecule has 19 heavy (non-hydrogen) atoms. The lowest BCUT2D eigenvalue weighted by Gasteiger charge is -2.06. The lowest BCUT2D eigenvalue weighted by Crippen LogP contribution is -2.16. The highest BCUT2D eigenvalue weighted by Crippen LogP contribution is 2.14. The Kier molecular flexibility index (Phi) is 3.84. The Morgan fingerprint density at radius 3 is 2.32 bits per heavy atom. The molecule has 0 radical (unpaired) electrons. The van der Waals surface area contributed by atoms with Crippen LogP contribution in [0.1, 0.15) is 23.7 Å². The summed E-state index contributed by atoms with van der Waals surface area (Å²) in [6, 6.07) is 7.47. The number of sulfonamides is 1. The van der Waals surface area contributed by atoms with Crippen molar-refractivity contribution in [3.8, 4) is 0 Å². The van der Waals surface area contributed by atoms with Crippen molar-refractivity contribution >= 4 is 15.8 Å². The van der Waals surface area contributed by atoms with Crippen LogP contribution in [0.2, 0.25) is 0 Å². The first-order valence-electron chi connectivity index (χ1n) is 5.87. The fourth-order valence-corrected chi connectivity index (χ4v) is 2.78. The highest BCUT2D eigenvalue weighted by molar-refractivity contribution is 7.91. The van der Waals surface area contributed by atoms with Crippen LogP contribution in [-0.2, 0) is 22.2 Å². The first-order valence-corrected chi connectivity index (χ1v) is 7.53. The normalized spacial score (nSPS) is 11.5. The summed E-state index contributed by atoms with van der Waals surface area (Å²) >= 11 is 0. The molecule has 0 aliphatic heterocycles. The van der Waals surface area contributed by atoms with E-state index in [-0.39, 0.29) is 11.6 Å². The van der Waals surface area contributed by atoms with Crippen molar-refractivity contribution in [1.82, 2.24) is 10.3 Å². The maximum atomic E-state index is 12.0. The minimum atomic E-state index is -3.51. The minimum Gasteiger partial charge on any atom is -0.263 e. The topological polar surface area (TPSA) is 85.1 Å². The van der Waals surface area contributed by atoms with E-state index in [0.717, 1.165) is 12.0 Å². The van der Waals surface area contributed by atoms with Crippen molar-refractivity contribution in [2.75, 3.05) is 4.72 Å². The molecule has 102 valence electrons. The SMILES string of the molecule is CCc1ccc(CS(=O)(=O)Nc2nonc2C)cc1. The maximum Gasteiger partial charge on any atom is 0.238 e. The molecule has 1 aromatic carbocycles. The summed E-state index contributed by atoms with van der Waals surface area (Å²) in [4.78, 5) is 0. The Hall–Kier alpha value is -1.89. The molecule has 0 saturated carbocycles. The molecule has 0 amide bonds.